The van der Waals surface area contributed by atoms with Crippen molar-refractivity contribution in [3.05, 3.63) is 96.3 Å². The van der Waals surface area contributed by atoms with Crippen LogP contribution in [0.15, 0.2) is 83.4 Å². The summed E-state index contributed by atoms with van der Waals surface area (Å²) in [6.07, 6.45) is 1.75. The molecule has 1 N–H and O–H groups in total. The van der Waals surface area contributed by atoms with Crippen LogP contribution in [-0.2, 0) is 0 Å². The lowest BCUT2D eigenvalue weighted by atomic mass is 10.0. The summed E-state index contributed by atoms with van der Waals surface area (Å²) in [4.78, 5) is 6.52. The molecule has 8 heteroatoms. The third-order valence-corrected chi connectivity index (χ3v) is 6.11. The number of nitrogens with one attached hydrogen (secondary N) is 1. The van der Waals surface area contributed by atoms with Crippen LogP contribution < -0.4 is 19.7 Å². The van der Waals surface area contributed by atoms with Gasteiger partial charge in [-0.1, -0.05) is 6.07 Å². The number of hydrogen-bond donors (Lipinski definition) is 1. The van der Waals surface area contributed by atoms with Crippen molar-refractivity contribution in [2.24, 2.45) is 0 Å². The summed E-state index contributed by atoms with van der Waals surface area (Å²) in [6, 6.07) is 20.6. The lowest BCUT2D eigenvalue weighted by molar-refractivity contribution is 0.400. The molecule has 172 valence electrons. The molecule has 2 aromatic heterocycles. The first-order valence-corrected chi connectivity index (χ1v) is 11.1. The average Bonchev–Trinajstić information content (AvgIpc) is 3.49. The largest absolute Gasteiger partial charge is 0.497 e. The van der Waals surface area contributed by atoms with Gasteiger partial charge in [-0.15, -0.1) is 0 Å². The molecule has 1 aliphatic heterocycles. The molecule has 2 aromatic carbocycles. The van der Waals surface area contributed by atoms with Crippen molar-refractivity contribution in [3.63, 3.8) is 0 Å². The molecule has 0 unspecified atom stereocenters. The van der Waals surface area contributed by atoms with E-state index < -0.39 is 0 Å². The van der Waals surface area contributed by atoms with Gasteiger partial charge in [0.2, 0.25) is 0 Å². The predicted molar refractivity (Wildman–Crippen MR) is 132 cm³/mol. The number of nitrogens with zero attached hydrogens (tertiary/aromatic N) is 2. The summed E-state index contributed by atoms with van der Waals surface area (Å²) >= 11 is 5.79. The van der Waals surface area contributed by atoms with Crippen molar-refractivity contribution in [2.45, 2.75) is 12.1 Å². The number of anilines is 1. The summed E-state index contributed by atoms with van der Waals surface area (Å²) in [7, 11) is 3.23. The van der Waals surface area contributed by atoms with Crippen molar-refractivity contribution in [3.8, 4) is 22.8 Å². The Kier molecular flexibility index (Phi) is 5.90. The molecule has 2 atom stereocenters. The van der Waals surface area contributed by atoms with Gasteiger partial charge >= 0.3 is 0 Å². The lowest BCUT2D eigenvalue weighted by Crippen LogP contribution is -2.29. The smallest absolute Gasteiger partial charge is 0.174 e. The topological polar surface area (TPSA) is 59.8 Å². The summed E-state index contributed by atoms with van der Waals surface area (Å²) in [6.45, 7) is 0. The van der Waals surface area contributed by atoms with Crippen LogP contribution in [0.1, 0.15) is 23.5 Å². The lowest BCUT2D eigenvalue weighted by Gasteiger charge is -2.27. The number of thiocarbonyl (C=S) groups is 1. The number of pyridine rings is 1. The van der Waals surface area contributed by atoms with Crippen LogP contribution in [0.4, 0.5) is 10.1 Å². The molecule has 0 spiro atoms. The van der Waals surface area contributed by atoms with E-state index in [0.717, 1.165) is 16.9 Å². The molecular formula is C26H22FN3O3S. The predicted octanol–water partition coefficient (Wildman–Crippen LogP) is 5.68. The Labute approximate surface area is 201 Å². The minimum atomic E-state index is -0.363. The van der Waals surface area contributed by atoms with Crippen LogP contribution in [0.25, 0.3) is 11.3 Å². The maximum Gasteiger partial charge on any atom is 0.174 e. The first kappa shape index (κ1) is 21.9. The summed E-state index contributed by atoms with van der Waals surface area (Å²) in [5.41, 5.74) is 2.34. The van der Waals surface area contributed by atoms with Gasteiger partial charge in [-0.3, -0.25) is 4.98 Å². The molecule has 1 fully saturated rings. The first-order chi connectivity index (χ1) is 16.6. The Morgan fingerprint density at radius 1 is 1.00 bits per heavy atom. The Bertz CT molecular complexity index is 1310. The second kappa shape index (κ2) is 9.15. The molecule has 0 saturated carbocycles. The molecule has 0 bridgehead atoms. The molecule has 34 heavy (non-hydrogen) atoms. The highest BCUT2D eigenvalue weighted by Crippen LogP contribution is 2.46. The fourth-order valence-electron chi connectivity index (χ4n) is 4.17. The maximum atomic E-state index is 13.4. The molecule has 5 rings (SSSR count). The summed E-state index contributed by atoms with van der Waals surface area (Å²) in [5, 5.41) is 3.91. The zero-order valence-electron chi connectivity index (χ0n) is 18.6. The Morgan fingerprint density at radius 2 is 1.82 bits per heavy atom. The number of aromatic nitrogens is 1. The molecule has 1 saturated heterocycles. The van der Waals surface area contributed by atoms with E-state index in [-0.39, 0.29) is 17.9 Å². The van der Waals surface area contributed by atoms with Crippen molar-refractivity contribution in [2.75, 3.05) is 19.1 Å². The minimum Gasteiger partial charge on any atom is -0.497 e. The van der Waals surface area contributed by atoms with Crippen molar-refractivity contribution in [1.82, 2.24) is 10.3 Å². The van der Waals surface area contributed by atoms with E-state index in [1.807, 2.05) is 53.4 Å². The Morgan fingerprint density at radius 3 is 2.53 bits per heavy atom. The van der Waals surface area contributed by atoms with Crippen LogP contribution >= 0.6 is 12.2 Å². The van der Waals surface area contributed by atoms with E-state index in [2.05, 4.69) is 10.3 Å². The molecule has 0 amide bonds. The number of rotatable bonds is 6. The minimum absolute atomic E-state index is 0.281. The van der Waals surface area contributed by atoms with Gasteiger partial charge < -0.3 is 24.1 Å². The number of ether oxygens (including phenoxy) is 2. The molecule has 0 aliphatic carbocycles. The van der Waals surface area contributed by atoms with Crippen molar-refractivity contribution in [1.29, 1.82) is 0 Å². The number of halogens is 1. The fraction of sp³-hybridized carbons (Fsp3) is 0.154. The zero-order chi connectivity index (χ0) is 23.7. The van der Waals surface area contributed by atoms with Gasteiger partial charge in [-0.2, -0.15) is 0 Å². The molecular weight excluding hydrogens is 453 g/mol. The summed E-state index contributed by atoms with van der Waals surface area (Å²) < 4.78 is 30.8. The van der Waals surface area contributed by atoms with E-state index in [1.54, 1.807) is 32.5 Å². The van der Waals surface area contributed by atoms with Gasteiger partial charge in [-0.25, -0.2) is 4.39 Å². The normalized spacial score (nSPS) is 17.5. The van der Waals surface area contributed by atoms with Crippen LogP contribution in [0.3, 0.4) is 0 Å². The van der Waals surface area contributed by atoms with Crippen LogP contribution in [0, 0.1) is 5.82 Å². The van der Waals surface area contributed by atoms with Crippen molar-refractivity contribution >= 4 is 23.0 Å². The van der Waals surface area contributed by atoms with Crippen LogP contribution in [0.5, 0.6) is 11.5 Å². The molecule has 4 aromatic rings. The van der Waals surface area contributed by atoms with Crippen LogP contribution in [-0.4, -0.2) is 24.3 Å². The zero-order valence-corrected chi connectivity index (χ0v) is 19.4. The highest BCUT2D eigenvalue weighted by Gasteiger charge is 2.43. The monoisotopic (exact) mass is 475 g/mol. The Balaban J connectivity index is 1.63. The number of benzene rings is 2. The highest BCUT2D eigenvalue weighted by molar-refractivity contribution is 7.80. The second-order valence-electron chi connectivity index (χ2n) is 7.74. The van der Waals surface area contributed by atoms with E-state index in [1.165, 1.54) is 12.1 Å². The Hall–Kier alpha value is -3.91. The van der Waals surface area contributed by atoms with Gasteiger partial charge in [0.1, 0.15) is 34.9 Å². The molecule has 1 aliphatic rings. The first-order valence-electron chi connectivity index (χ1n) is 10.7. The van der Waals surface area contributed by atoms with Gasteiger partial charge in [0, 0.05) is 17.8 Å². The van der Waals surface area contributed by atoms with Crippen molar-refractivity contribution < 1.29 is 18.3 Å². The van der Waals surface area contributed by atoms with E-state index >= 15 is 0 Å². The highest BCUT2D eigenvalue weighted by atomic mass is 32.1. The van der Waals surface area contributed by atoms with Gasteiger partial charge in [-0.05, 0) is 72.9 Å². The third-order valence-electron chi connectivity index (χ3n) is 5.79. The fourth-order valence-corrected chi connectivity index (χ4v) is 4.51. The van der Waals surface area contributed by atoms with Gasteiger partial charge in [0.15, 0.2) is 5.11 Å². The summed E-state index contributed by atoms with van der Waals surface area (Å²) in [5.74, 6) is 2.32. The van der Waals surface area contributed by atoms with E-state index in [9.17, 15) is 4.39 Å². The number of methoxy groups -OCH3 is 2. The maximum absolute atomic E-state index is 13.4. The average molecular weight is 476 g/mol. The molecule has 0 radical (unpaired) electrons. The number of furan rings is 1. The third kappa shape index (κ3) is 3.97. The quantitative estimate of drug-likeness (QED) is 0.360. The molecule has 6 nitrogen and oxygen atoms in total. The van der Waals surface area contributed by atoms with Crippen LogP contribution in [0.2, 0.25) is 0 Å². The molecule has 3 heterocycles. The second-order valence-corrected chi connectivity index (χ2v) is 8.13. The number of hydrogen-bond acceptors (Lipinski definition) is 5. The van der Waals surface area contributed by atoms with E-state index in [4.69, 9.17) is 26.1 Å². The van der Waals surface area contributed by atoms with Gasteiger partial charge in [0.05, 0.1) is 31.6 Å². The standard InChI is InChI=1S/C26H22FN3O3S/c1-31-18-10-11-22(32-2)20(15-18)30-25(24(29-26(30)34)19-5-3-4-14-28-19)23-13-12-21(33-23)16-6-8-17(27)9-7-16/h3-15,24-25H,1-2H3,(H,29,34)/t24-,25+/m0/s1. The SMILES string of the molecule is COc1ccc(OC)c(N2C(=S)N[C@@H](c3ccccn3)[C@H]2c2ccc(-c3ccc(F)cc3)o2)c1. The van der Waals surface area contributed by atoms with Gasteiger partial charge in [0.25, 0.3) is 0 Å². The van der Waals surface area contributed by atoms with E-state index in [0.29, 0.717) is 28.1 Å².